The Bertz CT molecular complexity index is 642. The highest BCUT2D eigenvalue weighted by Crippen LogP contribution is 2.19. The first-order chi connectivity index (χ1) is 10.3. The molecule has 5 heteroatoms. The quantitative estimate of drug-likeness (QED) is 0.924. The van der Waals surface area contributed by atoms with Crippen LogP contribution in [0.4, 0.5) is 0 Å². The van der Waals surface area contributed by atoms with Crippen LogP contribution >= 0.6 is 0 Å². The van der Waals surface area contributed by atoms with Crippen molar-refractivity contribution < 1.29 is 4.74 Å². The molecule has 21 heavy (non-hydrogen) atoms. The van der Waals surface area contributed by atoms with E-state index in [0.717, 1.165) is 25.3 Å². The van der Waals surface area contributed by atoms with E-state index in [1.807, 2.05) is 6.07 Å². The van der Waals surface area contributed by atoms with Crippen LogP contribution in [0.15, 0.2) is 36.5 Å². The summed E-state index contributed by atoms with van der Waals surface area (Å²) in [5.41, 5.74) is 2.70. The van der Waals surface area contributed by atoms with Crippen molar-refractivity contribution in [3.05, 3.63) is 59.2 Å². The number of nitrogens with one attached hydrogen (secondary N) is 1. The summed E-state index contributed by atoms with van der Waals surface area (Å²) < 4.78 is 5.73. The SMILES string of the molecule is N#Cc1ccnc(Cc2ccc([C@@H]3CNCCO3)cc2)n1. The molecule has 0 radical (unpaired) electrons. The molecule has 0 saturated carbocycles. The molecule has 0 unspecified atom stereocenters. The smallest absolute Gasteiger partial charge is 0.144 e. The fraction of sp³-hybridized carbons (Fsp3) is 0.312. The Morgan fingerprint density at radius 1 is 1.29 bits per heavy atom. The Labute approximate surface area is 123 Å². The third-order valence-electron chi connectivity index (χ3n) is 3.46. The summed E-state index contributed by atoms with van der Waals surface area (Å²) in [5.74, 6) is 0.664. The summed E-state index contributed by atoms with van der Waals surface area (Å²) in [5, 5.41) is 12.2. The van der Waals surface area contributed by atoms with E-state index in [2.05, 4.69) is 39.6 Å². The van der Waals surface area contributed by atoms with Crippen LogP contribution in [0.1, 0.15) is 28.7 Å². The van der Waals surface area contributed by atoms with E-state index in [1.165, 1.54) is 5.56 Å². The number of rotatable bonds is 3. The molecule has 1 N–H and O–H groups in total. The Balaban J connectivity index is 1.70. The van der Waals surface area contributed by atoms with Crippen LogP contribution < -0.4 is 5.32 Å². The zero-order valence-corrected chi connectivity index (χ0v) is 11.6. The lowest BCUT2D eigenvalue weighted by Crippen LogP contribution is -2.33. The summed E-state index contributed by atoms with van der Waals surface area (Å²) >= 11 is 0. The molecule has 2 heterocycles. The van der Waals surface area contributed by atoms with Gasteiger partial charge in [-0.2, -0.15) is 5.26 Å². The van der Waals surface area contributed by atoms with Gasteiger partial charge in [0.15, 0.2) is 0 Å². The molecule has 1 aromatic heterocycles. The average molecular weight is 280 g/mol. The molecule has 0 aliphatic carbocycles. The van der Waals surface area contributed by atoms with Crippen molar-refractivity contribution in [1.82, 2.24) is 15.3 Å². The van der Waals surface area contributed by atoms with E-state index in [0.29, 0.717) is 17.9 Å². The molecule has 1 aromatic carbocycles. The van der Waals surface area contributed by atoms with Crippen molar-refractivity contribution in [2.75, 3.05) is 19.7 Å². The first-order valence-corrected chi connectivity index (χ1v) is 6.98. The number of hydrogen-bond donors (Lipinski definition) is 1. The van der Waals surface area contributed by atoms with Gasteiger partial charge in [-0.3, -0.25) is 0 Å². The van der Waals surface area contributed by atoms with Crippen molar-refractivity contribution >= 4 is 0 Å². The van der Waals surface area contributed by atoms with Gasteiger partial charge in [-0.1, -0.05) is 24.3 Å². The minimum absolute atomic E-state index is 0.131. The summed E-state index contributed by atoms with van der Waals surface area (Å²) in [6, 6.07) is 11.9. The van der Waals surface area contributed by atoms with E-state index in [4.69, 9.17) is 10.00 Å². The van der Waals surface area contributed by atoms with Crippen LogP contribution in [0.5, 0.6) is 0 Å². The van der Waals surface area contributed by atoms with E-state index < -0.39 is 0 Å². The van der Waals surface area contributed by atoms with Crippen molar-refractivity contribution in [3.8, 4) is 6.07 Å². The predicted octanol–water partition coefficient (Wildman–Crippen LogP) is 1.60. The second kappa shape index (κ2) is 6.44. The van der Waals surface area contributed by atoms with Crippen LogP contribution in [0, 0.1) is 11.3 Å². The van der Waals surface area contributed by atoms with Gasteiger partial charge in [-0.05, 0) is 17.2 Å². The van der Waals surface area contributed by atoms with Gasteiger partial charge in [-0.15, -0.1) is 0 Å². The Morgan fingerprint density at radius 2 is 2.14 bits per heavy atom. The number of benzene rings is 1. The molecule has 106 valence electrons. The minimum Gasteiger partial charge on any atom is -0.371 e. The average Bonchev–Trinajstić information content (AvgIpc) is 2.56. The summed E-state index contributed by atoms with van der Waals surface area (Å²) in [6.07, 6.45) is 2.38. The largest absolute Gasteiger partial charge is 0.371 e. The molecule has 3 rings (SSSR count). The van der Waals surface area contributed by atoms with Crippen molar-refractivity contribution in [1.29, 1.82) is 5.26 Å². The molecule has 1 aliphatic heterocycles. The normalized spacial score (nSPS) is 18.1. The molecular weight excluding hydrogens is 264 g/mol. The third kappa shape index (κ3) is 3.43. The standard InChI is InChI=1S/C16H16N4O/c17-10-14-5-6-19-16(20-14)9-12-1-3-13(4-2-12)15-11-18-7-8-21-15/h1-6,15,18H,7-9,11H2/t15-/m0/s1. The highest BCUT2D eigenvalue weighted by molar-refractivity contribution is 5.27. The first kappa shape index (κ1) is 13.7. The van der Waals surface area contributed by atoms with Crippen molar-refractivity contribution in [3.63, 3.8) is 0 Å². The van der Waals surface area contributed by atoms with Crippen LogP contribution in [-0.4, -0.2) is 29.7 Å². The number of nitrogens with zero attached hydrogens (tertiary/aromatic N) is 3. The lowest BCUT2D eigenvalue weighted by Gasteiger charge is -2.24. The predicted molar refractivity (Wildman–Crippen MR) is 77.6 cm³/mol. The monoisotopic (exact) mass is 280 g/mol. The second-order valence-electron chi connectivity index (χ2n) is 4.95. The number of ether oxygens (including phenoxy) is 1. The third-order valence-corrected chi connectivity index (χ3v) is 3.46. The summed E-state index contributed by atoms with van der Waals surface area (Å²) in [4.78, 5) is 8.39. The number of hydrogen-bond acceptors (Lipinski definition) is 5. The maximum atomic E-state index is 8.85. The van der Waals surface area contributed by atoms with Gasteiger partial charge in [0.1, 0.15) is 17.6 Å². The Hall–Kier alpha value is -2.29. The highest BCUT2D eigenvalue weighted by atomic mass is 16.5. The summed E-state index contributed by atoms with van der Waals surface area (Å²) in [6.45, 7) is 2.52. The molecule has 0 amide bonds. The van der Waals surface area contributed by atoms with Gasteiger partial charge in [0.05, 0.1) is 12.7 Å². The van der Waals surface area contributed by atoms with Crippen LogP contribution in [-0.2, 0) is 11.2 Å². The maximum Gasteiger partial charge on any atom is 0.144 e. The molecule has 1 fully saturated rings. The molecule has 0 spiro atoms. The fourth-order valence-corrected chi connectivity index (χ4v) is 2.36. The van der Waals surface area contributed by atoms with E-state index in [-0.39, 0.29) is 6.10 Å². The van der Waals surface area contributed by atoms with Gasteiger partial charge < -0.3 is 10.1 Å². The van der Waals surface area contributed by atoms with Gasteiger partial charge in [0.25, 0.3) is 0 Å². The zero-order chi connectivity index (χ0) is 14.5. The van der Waals surface area contributed by atoms with Gasteiger partial charge in [-0.25, -0.2) is 9.97 Å². The molecule has 2 aromatic rings. The molecular formula is C16H16N4O. The number of morpholine rings is 1. The number of aromatic nitrogens is 2. The molecule has 1 saturated heterocycles. The maximum absolute atomic E-state index is 8.85. The second-order valence-corrected chi connectivity index (χ2v) is 4.95. The summed E-state index contributed by atoms with van der Waals surface area (Å²) in [7, 11) is 0. The van der Waals surface area contributed by atoms with E-state index >= 15 is 0 Å². The van der Waals surface area contributed by atoms with Crippen LogP contribution in [0.3, 0.4) is 0 Å². The minimum atomic E-state index is 0.131. The van der Waals surface area contributed by atoms with Gasteiger partial charge in [0.2, 0.25) is 0 Å². The van der Waals surface area contributed by atoms with Gasteiger partial charge in [0, 0.05) is 25.7 Å². The first-order valence-electron chi connectivity index (χ1n) is 6.98. The Morgan fingerprint density at radius 3 is 2.86 bits per heavy atom. The lowest BCUT2D eigenvalue weighted by atomic mass is 10.0. The fourth-order valence-electron chi connectivity index (χ4n) is 2.36. The molecule has 0 bridgehead atoms. The van der Waals surface area contributed by atoms with E-state index in [1.54, 1.807) is 12.3 Å². The molecule has 1 atom stereocenters. The van der Waals surface area contributed by atoms with E-state index in [9.17, 15) is 0 Å². The van der Waals surface area contributed by atoms with Crippen molar-refractivity contribution in [2.24, 2.45) is 0 Å². The van der Waals surface area contributed by atoms with Crippen LogP contribution in [0.25, 0.3) is 0 Å². The Kier molecular flexibility index (Phi) is 4.20. The van der Waals surface area contributed by atoms with Crippen molar-refractivity contribution in [2.45, 2.75) is 12.5 Å². The zero-order valence-electron chi connectivity index (χ0n) is 11.6. The molecule has 5 nitrogen and oxygen atoms in total. The van der Waals surface area contributed by atoms with Gasteiger partial charge >= 0.3 is 0 Å². The number of nitriles is 1. The van der Waals surface area contributed by atoms with Crippen LogP contribution in [0.2, 0.25) is 0 Å². The molecule has 1 aliphatic rings. The lowest BCUT2D eigenvalue weighted by molar-refractivity contribution is 0.0277. The topological polar surface area (TPSA) is 70.8 Å². The highest BCUT2D eigenvalue weighted by Gasteiger charge is 2.15.